The van der Waals surface area contributed by atoms with Gasteiger partial charge >= 0.3 is 0 Å². The first-order chi connectivity index (χ1) is 7.86. The number of nitrogens with zero attached hydrogens (tertiary/aromatic N) is 2. The highest BCUT2D eigenvalue weighted by molar-refractivity contribution is 5.77. The molecule has 3 heteroatoms. The fraction of sp³-hybridized carbons (Fsp3) is 0.857. The fourth-order valence-electron chi connectivity index (χ4n) is 1.75. The second-order valence-electron chi connectivity index (χ2n) is 6.20. The molecule has 0 saturated heterocycles. The summed E-state index contributed by atoms with van der Waals surface area (Å²) in [6, 6.07) is 2.54. The van der Waals surface area contributed by atoms with Crippen molar-refractivity contribution in [1.29, 1.82) is 5.26 Å². The number of nitriles is 1. The average Bonchev–Trinajstić information content (AvgIpc) is 3.01. The van der Waals surface area contributed by atoms with Gasteiger partial charge < -0.3 is 4.90 Å². The van der Waals surface area contributed by atoms with Crippen molar-refractivity contribution in [3.63, 3.8) is 0 Å². The Labute approximate surface area is 105 Å². The van der Waals surface area contributed by atoms with E-state index in [1.54, 1.807) is 0 Å². The van der Waals surface area contributed by atoms with Crippen LogP contribution in [0.15, 0.2) is 0 Å². The molecule has 0 aliphatic heterocycles. The smallest absolute Gasteiger partial charge is 0.223 e. The highest BCUT2D eigenvalue weighted by Gasteiger charge is 2.33. The van der Waals surface area contributed by atoms with Gasteiger partial charge in [-0.05, 0) is 24.2 Å². The lowest BCUT2D eigenvalue weighted by Gasteiger charge is -2.29. The largest absolute Gasteiger partial charge is 0.339 e. The zero-order chi connectivity index (χ0) is 13.1. The number of hydrogen-bond acceptors (Lipinski definition) is 2. The molecule has 1 atom stereocenters. The Hall–Kier alpha value is -1.04. The van der Waals surface area contributed by atoms with Gasteiger partial charge in [-0.25, -0.2) is 0 Å². The van der Waals surface area contributed by atoms with E-state index < -0.39 is 0 Å². The van der Waals surface area contributed by atoms with Crippen molar-refractivity contribution >= 4 is 5.91 Å². The number of hydrogen-bond donors (Lipinski definition) is 0. The Morgan fingerprint density at radius 3 is 2.47 bits per heavy atom. The van der Waals surface area contributed by atoms with E-state index in [1.807, 2.05) is 4.90 Å². The lowest BCUT2D eigenvalue weighted by Crippen LogP contribution is -2.36. The summed E-state index contributed by atoms with van der Waals surface area (Å²) in [5.41, 5.74) is 0.167. The van der Waals surface area contributed by atoms with Crippen LogP contribution in [-0.4, -0.2) is 23.4 Å². The molecule has 0 bridgehead atoms. The van der Waals surface area contributed by atoms with Crippen LogP contribution >= 0.6 is 0 Å². The normalized spacial score (nSPS) is 17.4. The molecule has 0 spiro atoms. The Morgan fingerprint density at radius 2 is 2.06 bits per heavy atom. The lowest BCUT2D eigenvalue weighted by atomic mass is 9.80. The molecule has 1 aliphatic carbocycles. The molecule has 0 N–H and O–H groups in total. The first kappa shape index (κ1) is 14.0. The molecule has 1 unspecified atom stereocenters. The SMILES string of the molecule is CC(CC(=O)N(CCC#N)C1CC1)C(C)(C)C. The van der Waals surface area contributed by atoms with E-state index in [-0.39, 0.29) is 11.3 Å². The van der Waals surface area contributed by atoms with Gasteiger partial charge in [0.1, 0.15) is 0 Å². The minimum atomic E-state index is 0.167. The van der Waals surface area contributed by atoms with E-state index in [4.69, 9.17) is 5.26 Å². The van der Waals surface area contributed by atoms with Crippen LogP contribution in [-0.2, 0) is 4.79 Å². The zero-order valence-corrected chi connectivity index (χ0v) is 11.5. The molecule has 1 rings (SSSR count). The van der Waals surface area contributed by atoms with Crippen molar-refractivity contribution in [1.82, 2.24) is 4.90 Å². The van der Waals surface area contributed by atoms with E-state index in [1.165, 1.54) is 0 Å². The molecule has 0 aromatic carbocycles. The molecule has 0 heterocycles. The van der Waals surface area contributed by atoms with E-state index >= 15 is 0 Å². The highest BCUT2D eigenvalue weighted by atomic mass is 16.2. The van der Waals surface area contributed by atoms with E-state index in [9.17, 15) is 4.79 Å². The number of carbonyl (C=O) groups excluding carboxylic acids is 1. The van der Waals surface area contributed by atoms with Gasteiger partial charge in [-0.3, -0.25) is 4.79 Å². The summed E-state index contributed by atoms with van der Waals surface area (Å²) < 4.78 is 0. The summed E-state index contributed by atoms with van der Waals surface area (Å²) >= 11 is 0. The standard InChI is InChI=1S/C14H24N2O/c1-11(14(2,3)4)10-13(17)16(9-5-8-15)12-6-7-12/h11-12H,5-7,9-10H2,1-4H3. The molecule has 1 amide bonds. The predicted molar refractivity (Wildman–Crippen MR) is 68.2 cm³/mol. The lowest BCUT2D eigenvalue weighted by molar-refractivity contribution is -0.133. The molecule has 0 aromatic rings. The Morgan fingerprint density at radius 1 is 1.47 bits per heavy atom. The molecule has 0 radical (unpaired) electrons. The van der Waals surface area contributed by atoms with Crippen molar-refractivity contribution in [2.45, 2.75) is 59.4 Å². The maximum Gasteiger partial charge on any atom is 0.223 e. The predicted octanol–water partition coefficient (Wildman–Crippen LogP) is 2.96. The summed E-state index contributed by atoms with van der Waals surface area (Å²) in [4.78, 5) is 14.1. The minimum absolute atomic E-state index is 0.167. The van der Waals surface area contributed by atoms with Crippen molar-refractivity contribution in [3.05, 3.63) is 0 Å². The summed E-state index contributed by atoms with van der Waals surface area (Å²) in [5, 5.41) is 8.62. The second kappa shape index (κ2) is 5.53. The molecule has 1 saturated carbocycles. The fourth-order valence-corrected chi connectivity index (χ4v) is 1.75. The first-order valence-electron chi connectivity index (χ1n) is 6.52. The van der Waals surface area contributed by atoms with Gasteiger partial charge in [0.15, 0.2) is 0 Å². The van der Waals surface area contributed by atoms with Crippen LogP contribution < -0.4 is 0 Å². The zero-order valence-electron chi connectivity index (χ0n) is 11.5. The van der Waals surface area contributed by atoms with Gasteiger partial charge in [0, 0.05) is 19.0 Å². The first-order valence-corrected chi connectivity index (χ1v) is 6.52. The van der Waals surface area contributed by atoms with Crippen molar-refractivity contribution in [2.75, 3.05) is 6.54 Å². The third kappa shape index (κ3) is 4.38. The van der Waals surface area contributed by atoms with Gasteiger partial charge in [-0.2, -0.15) is 5.26 Å². The summed E-state index contributed by atoms with van der Waals surface area (Å²) in [6.45, 7) is 9.25. The van der Waals surface area contributed by atoms with Crippen LogP contribution in [0.5, 0.6) is 0 Å². The summed E-state index contributed by atoms with van der Waals surface area (Å²) in [7, 11) is 0. The van der Waals surface area contributed by atoms with Gasteiger partial charge in [0.05, 0.1) is 12.5 Å². The van der Waals surface area contributed by atoms with Crippen molar-refractivity contribution < 1.29 is 4.79 Å². The van der Waals surface area contributed by atoms with E-state index in [0.717, 1.165) is 12.8 Å². The third-order valence-electron chi connectivity index (χ3n) is 3.73. The monoisotopic (exact) mass is 236 g/mol. The molecular formula is C14H24N2O. The van der Waals surface area contributed by atoms with Gasteiger partial charge in [-0.15, -0.1) is 0 Å². The van der Waals surface area contributed by atoms with Gasteiger partial charge in [0.25, 0.3) is 0 Å². The molecule has 17 heavy (non-hydrogen) atoms. The molecule has 1 fully saturated rings. The van der Waals surface area contributed by atoms with Crippen LogP contribution in [0.25, 0.3) is 0 Å². The molecule has 1 aliphatic rings. The number of amides is 1. The van der Waals surface area contributed by atoms with Gasteiger partial charge in [-0.1, -0.05) is 27.7 Å². The van der Waals surface area contributed by atoms with Gasteiger partial charge in [0.2, 0.25) is 5.91 Å². The maximum atomic E-state index is 12.2. The quantitative estimate of drug-likeness (QED) is 0.736. The second-order valence-corrected chi connectivity index (χ2v) is 6.20. The van der Waals surface area contributed by atoms with E-state index in [2.05, 4.69) is 33.8 Å². The maximum absolute atomic E-state index is 12.2. The van der Waals surface area contributed by atoms with Crippen LogP contribution in [0, 0.1) is 22.7 Å². The van der Waals surface area contributed by atoms with Crippen LogP contribution in [0.1, 0.15) is 53.4 Å². The Bertz CT molecular complexity index is 307. The number of carbonyl (C=O) groups is 1. The van der Waals surface area contributed by atoms with Crippen LogP contribution in [0.2, 0.25) is 0 Å². The van der Waals surface area contributed by atoms with E-state index in [0.29, 0.717) is 31.3 Å². The highest BCUT2D eigenvalue weighted by Crippen LogP contribution is 2.32. The van der Waals surface area contributed by atoms with Crippen LogP contribution in [0.4, 0.5) is 0 Å². The molecule has 96 valence electrons. The topological polar surface area (TPSA) is 44.1 Å². The average molecular weight is 236 g/mol. The number of rotatable bonds is 5. The minimum Gasteiger partial charge on any atom is -0.339 e. The summed E-state index contributed by atoms with van der Waals surface area (Å²) in [5.74, 6) is 0.600. The van der Waals surface area contributed by atoms with Crippen molar-refractivity contribution in [2.24, 2.45) is 11.3 Å². The van der Waals surface area contributed by atoms with Crippen molar-refractivity contribution in [3.8, 4) is 6.07 Å². The molecule has 3 nitrogen and oxygen atoms in total. The Kier molecular flexibility index (Phi) is 4.56. The van der Waals surface area contributed by atoms with Crippen LogP contribution in [0.3, 0.4) is 0 Å². The molecular weight excluding hydrogens is 212 g/mol. The third-order valence-corrected chi connectivity index (χ3v) is 3.73. The summed E-state index contributed by atoms with van der Waals surface area (Å²) in [6.07, 6.45) is 3.28. The molecule has 0 aromatic heterocycles. The Balaban J connectivity index is 2.51.